The predicted octanol–water partition coefficient (Wildman–Crippen LogP) is 4.05. The summed E-state index contributed by atoms with van der Waals surface area (Å²) in [6.07, 6.45) is -0.526. The van der Waals surface area contributed by atoms with Gasteiger partial charge in [-0.2, -0.15) is 13.2 Å². The second-order valence-corrected chi connectivity index (χ2v) is 9.42. The number of alkyl halides is 3. The fraction of sp³-hybridized carbons (Fsp3) is 0.522. The van der Waals surface area contributed by atoms with Crippen LogP contribution in [0.4, 0.5) is 24.7 Å². The summed E-state index contributed by atoms with van der Waals surface area (Å²) in [4.78, 5) is 10.2. The molecule has 34 heavy (non-hydrogen) atoms. The second-order valence-electron chi connectivity index (χ2n) is 9.42. The van der Waals surface area contributed by atoms with Crippen molar-refractivity contribution in [3.8, 4) is 17.0 Å². The van der Waals surface area contributed by atoms with Crippen molar-refractivity contribution < 1.29 is 23.0 Å². The lowest BCUT2D eigenvalue weighted by Gasteiger charge is -2.35. The monoisotopic (exact) mass is 476 g/mol. The van der Waals surface area contributed by atoms with E-state index in [-0.39, 0.29) is 6.04 Å². The molecular formula is C23H27F3N6O2. The minimum absolute atomic E-state index is 0.0935. The van der Waals surface area contributed by atoms with E-state index >= 15 is 0 Å². The number of fused-ring (bicyclic) bond motifs is 3. The van der Waals surface area contributed by atoms with E-state index in [0.717, 1.165) is 30.8 Å². The van der Waals surface area contributed by atoms with Crippen molar-refractivity contribution in [3.63, 3.8) is 0 Å². The molecule has 1 aliphatic carbocycles. The van der Waals surface area contributed by atoms with E-state index < -0.39 is 17.5 Å². The Morgan fingerprint density at radius 1 is 1.26 bits per heavy atom. The van der Waals surface area contributed by atoms with Gasteiger partial charge in [0.25, 0.3) is 0 Å². The Kier molecular flexibility index (Phi) is 5.34. The van der Waals surface area contributed by atoms with Gasteiger partial charge in [-0.1, -0.05) is 0 Å². The van der Waals surface area contributed by atoms with Crippen LogP contribution in [0.1, 0.15) is 44.0 Å². The summed E-state index contributed by atoms with van der Waals surface area (Å²) >= 11 is 0. The van der Waals surface area contributed by atoms with Crippen LogP contribution in [0.5, 0.6) is 5.75 Å². The zero-order valence-corrected chi connectivity index (χ0v) is 19.3. The molecule has 1 fully saturated rings. The van der Waals surface area contributed by atoms with Crippen LogP contribution >= 0.6 is 0 Å². The van der Waals surface area contributed by atoms with Crippen LogP contribution in [0, 0.1) is 6.92 Å². The third-order valence-corrected chi connectivity index (χ3v) is 6.65. The molecule has 0 radical (unpaired) electrons. The van der Waals surface area contributed by atoms with Gasteiger partial charge < -0.3 is 20.1 Å². The highest BCUT2D eigenvalue weighted by atomic mass is 19.4. The second kappa shape index (κ2) is 8.00. The van der Waals surface area contributed by atoms with Gasteiger partial charge in [0.1, 0.15) is 18.0 Å². The van der Waals surface area contributed by atoms with Crippen molar-refractivity contribution in [2.24, 2.45) is 0 Å². The van der Waals surface area contributed by atoms with Crippen LogP contribution in [0.2, 0.25) is 0 Å². The maximum absolute atomic E-state index is 13.3. The summed E-state index contributed by atoms with van der Waals surface area (Å²) < 4.78 is 47.6. The first kappa shape index (κ1) is 22.7. The summed E-state index contributed by atoms with van der Waals surface area (Å²) in [6, 6.07) is 2.65. The largest absolute Gasteiger partial charge is 0.486 e. The number of aliphatic hydroxyl groups is 1. The fourth-order valence-corrected chi connectivity index (χ4v) is 4.74. The molecule has 0 unspecified atom stereocenters. The number of nitrogens with one attached hydrogen (secondary N) is 1. The number of pyridine rings is 1. The highest BCUT2D eigenvalue weighted by Gasteiger charge is 2.34. The van der Waals surface area contributed by atoms with Gasteiger partial charge in [-0.25, -0.2) is 9.50 Å². The number of imidazole rings is 1. The molecule has 5 rings (SSSR count). The average Bonchev–Trinajstić information content (AvgIpc) is 3.10. The molecule has 182 valence electrons. The van der Waals surface area contributed by atoms with Crippen molar-refractivity contribution >= 4 is 17.2 Å². The molecule has 2 N–H and O–H groups in total. The third kappa shape index (κ3) is 4.02. The van der Waals surface area contributed by atoms with E-state index in [1.807, 2.05) is 18.9 Å². The van der Waals surface area contributed by atoms with Crippen LogP contribution in [0.15, 0.2) is 18.3 Å². The molecule has 0 saturated heterocycles. The van der Waals surface area contributed by atoms with Crippen molar-refractivity contribution in [2.45, 2.75) is 57.3 Å². The Hall–Kier alpha value is -3.08. The maximum atomic E-state index is 13.3. The molecule has 0 spiro atoms. The summed E-state index contributed by atoms with van der Waals surface area (Å²) in [7, 11) is 1.93. The van der Waals surface area contributed by atoms with Crippen LogP contribution in [0.3, 0.4) is 0 Å². The van der Waals surface area contributed by atoms with Gasteiger partial charge in [0.15, 0.2) is 17.2 Å². The van der Waals surface area contributed by atoms with Crippen molar-refractivity contribution in [1.29, 1.82) is 0 Å². The maximum Gasteiger partial charge on any atom is 0.433 e. The molecule has 4 heterocycles. The van der Waals surface area contributed by atoms with E-state index in [9.17, 15) is 18.3 Å². The normalized spacial score (nSPS) is 23.0. The van der Waals surface area contributed by atoms with E-state index in [1.54, 1.807) is 11.4 Å². The highest BCUT2D eigenvalue weighted by molar-refractivity contribution is 5.84. The third-order valence-electron chi connectivity index (χ3n) is 6.65. The first-order valence-corrected chi connectivity index (χ1v) is 11.3. The lowest BCUT2D eigenvalue weighted by molar-refractivity contribution is -0.141. The lowest BCUT2D eigenvalue weighted by Crippen LogP contribution is -2.36. The molecule has 0 atom stereocenters. The molecule has 1 aliphatic heterocycles. The number of likely N-dealkylation sites (N-methyl/N-ethyl adjacent to an activating group) is 1. The minimum Gasteiger partial charge on any atom is -0.486 e. The molecule has 3 aromatic heterocycles. The summed E-state index contributed by atoms with van der Waals surface area (Å²) in [5.74, 6) is 1.10. The number of aromatic nitrogens is 4. The number of nitrogens with zero attached hydrogens (tertiary/aromatic N) is 5. The molecule has 3 aromatic rings. The number of hydrogen-bond donors (Lipinski definition) is 2. The number of aryl methyl sites for hydroxylation is 1. The molecular weight excluding hydrogens is 449 g/mol. The number of hydrogen-bond acceptors (Lipinski definition) is 7. The zero-order valence-electron chi connectivity index (χ0n) is 19.3. The average molecular weight is 477 g/mol. The molecule has 0 amide bonds. The fourth-order valence-electron chi connectivity index (χ4n) is 4.74. The number of rotatable bonds is 3. The van der Waals surface area contributed by atoms with Crippen molar-refractivity contribution in [3.05, 3.63) is 29.7 Å². The van der Waals surface area contributed by atoms with Gasteiger partial charge in [0.05, 0.1) is 23.5 Å². The Morgan fingerprint density at radius 2 is 2.00 bits per heavy atom. The molecule has 11 heteroatoms. The Morgan fingerprint density at radius 3 is 2.71 bits per heavy atom. The van der Waals surface area contributed by atoms with Gasteiger partial charge >= 0.3 is 6.18 Å². The van der Waals surface area contributed by atoms with Gasteiger partial charge in [-0.15, -0.1) is 5.10 Å². The summed E-state index contributed by atoms with van der Waals surface area (Å²) in [5.41, 5.74) is 0.985. The molecule has 0 aromatic carbocycles. The molecule has 2 aliphatic rings. The van der Waals surface area contributed by atoms with Crippen molar-refractivity contribution in [1.82, 2.24) is 19.6 Å². The minimum atomic E-state index is -4.56. The van der Waals surface area contributed by atoms with Gasteiger partial charge in [-0.3, -0.25) is 4.98 Å². The number of halogens is 3. The first-order valence-electron chi connectivity index (χ1n) is 11.3. The molecule has 0 bridgehead atoms. The Balaban J connectivity index is 1.64. The van der Waals surface area contributed by atoms with Gasteiger partial charge in [0.2, 0.25) is 0 Å². The van der Waals surface area contributed by atoms with Crippen LogP contribution in [-0.2, 0) is 6.18 Å². The Bertz CT molecular complexity index is 1230. The smallest absolute Gasteiger partial charge is 0.433 e. The quantitative estimate of drug-likeness (QED) is 0.590. The topological polar surface area (TPSA) is 87.8 Å². The number of ether oxygens (including phenoxy) is 1. The van der Waals surface area contributed by atoms with Crippen LogP contribution in [0.25, 0.3) is 16.9 Å². The lowest BCUT2D eigenvalue weighted by atomic mass is 9.84. The zero-order chi connectivity index (χ0) is 24.3. The van der Waals surface area contributed by atoms with E-state index in [4.69, 9.17) is 9.84 Å². The summed E-state index contributed by atoms with van der Waals surface area (Å²) in [5, 5.41) is 18.5. The first-order chi connectivity index (χ1) is 16.0. The van der Waals surface area contributed by atoms with Gasteiger partial charge in [-0.05, 0) is 51.7 Å². The van der Waals surface area contributed by atoms with Crippen molar-refractivity contribution in [2.75, 3.05) is 30.4 Å². The number of anilines is 2. The van der Waals surface area contributed by atoms with E-state index in [2.05, 4.69) is 15.3 Å². The highest BCUT2D eigenvalue weighted by Crippen LogP contribution is 2.43. The van der Waals surface area contributed by atoms with Gasteiger partial charge in [0, 0.05) is 24.8 Å². The van der Waals surface area contributed by atoms with E-state index in [0.29, 0.717) is 60.2 Å². The standard InChI is InChI=1S/C23H27F3N6O2/c1-13-17(14-6-9-27-16(12-14)23(24,25)26)32-21(28-13)18-19(34-11-10-31(18)3)20(30-32)29-15-4-7-22(2,33)8-5-15/h6,9,12,15,33H,4-5,7-8,10-11H2,1-3H3,(H,29,30). The molecule has 1 saturated carbocycles. The van der Waals surface area contributed by atoms with Crippen LogP contribution in [-0.4, -0.2) is 56.5 Å². The van der Waals surface area contributed by atoms with E-state index in [1.165, 1.54) is 6.07 Å². The van der Waals surface area contributed by atoms with Crippen LogP contribution < -0.4 is 15.0 Å². The molecule has 8 nitrogen and oxygen atoms in total. The summed E-state index contributed by atoms with van der Waals surface area (Å²) in [6.45, 7) is 4.73. The SMILES string of the molecule is Cc1nc2c3c(c(NC4CCC(C)(O)CC4)nn2c1-c1ccnc(C(F)(F)F)c1)OCCN3C. The predicted molar refractivity (Wildman–Crippen MR) is 121 cm³/mol. The Labute approximate surface area is 194 Å².